The Morgan fingerprint density at radius 3 is 2.62 bits per heavy atom. The van der Waals surface area contributed by atoms with Crippen LogP contribution in [0, 0.1) is 0 Å². The van der Waals surface area contributed by atoms with Crippen molar-refractivity contribution in [2.24, 2.45) is 4.99 Å². The summed E-state index contributed by atoms with van der Waals surface area (Å²) < 4.78 is 0. The molecule has 0 N–H and O–H groups in total. The Kier molecular flexibility index (Phi) is 3.44. The number of isocyanates is 1. The van der Waals surface area contributed by atoms with Gasteiger partial charge in [-0.3, -0.25) is 0 Å². The fourth-order valence-electron chi connectivity index (χ4n) is 0.942. The minimum absolute atomic E-state index is 0.498. The first kappa shape index (κ1) is 9.72. The Labute approximate surface area is 81.6 Å². The first-order valence-electron chi connectivity index (χ1n) is 3.72. The normalized spacial score (nSPS) is 9.00. The molecular weight excluding hydrogens is 186 g/mol. The highest BCUT2D eigenvalue weighted by Gasteiger charge is 1.95. The van der Waals surface area contributed by atoms with Crippen molar-refractivity contribution in [1.29, 1.82) is 0 Å². The quantitative estimate of drug-likeness (QED) is 0.536. The van der Waals surface area contributed by atoms with Gasteiger partial charge in [-0.25, -0.2) is 4.79 Å². The molecule has 0 spiro atoms. The first-order chi connectivity index (χ1) is 6.22. The molecule has 0 radical (unpaired) electrons. The van der Waals surface area contributed by atoms with E-state index in [9.17, 15) is 4.79 Å². The van der Waals surface area contributed by atoms with Crippen molar-refractivity contribution in [3.05, 3.63) is 47.1 Å². The fourth-order valence-corrected chi connectivity index (χ4v) is 1.07. The number of carbonyl (C=O) groups excluding carboxylic acids is 1. The maximum atomic E-state index is 9.89. The Bertz CT molecular complexity index is 350. The number of hydrogen-bond acceptors (Lipinski definition) is 2. The van der Waals surface area contributed by atoms with Crippen LogP contribution in [0.2, 0.25) is 5.02 Å². The van der Waals surface area contributed by atoms with Crippen LogP contribution in [-0.4, -0.2) is 6.08 Å². The van der Waals surface area contributed by atoms with Gasteiger partial charge < -0.3 is 0 Å². The summed E-state index contributed by atoms with van der Waals surface area (Å²) in [5.74, 6) is 0. The van der Waals surface area contributed by atoms with Crippen LogP contribution < -0.4 is 0 Å². The molecule has 1 aromatic rings. The van der Waals surface area contributed by atoms with Gasteiger partial charge in [-0.1, -0.05) is 30.3 Å². The molecule has 0 unspecified atom stereocenters. The van der Waals surface area contributed by atoms with Gasteiger partial charge in [0.2, 0.25) is 6.08 Å². The van der Waals surface area contributed by atoms with E-state index in [0.29, 0.717) is 17.1 Å². The molecule has 0 saturated carbocycles. The highest BCUT2D eigenvalue weighted by molar-refractivity contribution is 6.30. The number of benzene rings is 1. The Hall–Kier alpha value is -1.37. The predicted molar refractivity (Wildman–Crippen MR) is 52.4 cm³/mol. The van der Waals surface area contributed by atoms with Crippen LogP contribution in [0.1, 0.15) is 5.56 Å². The maximum Gasteiger partial charge on any atom is 0.240 e. The van der Waals surface area contributed by atoms with Crippen molar-refractivity contribution in [3.63, 3.8) is 0 Å². The summed E-state index contributed by atoms with van der Waals surface area (Å²) in [5.41, 5.74) is 1.52. The summed E-state index contributed by atoms with van der Waals surface area (Å²) in [5, 5.41) is 0.688. The van der Waals surface area contributed by atoms with E-state index in [1.54, 1.807) is 12.1 Å². The summed E-state index contributed by atoms with van der Waals surface area (Å²) in [4.78, 5) is 13.3. The molecule has 0 aliphatic rings. The molecule has 0 bridgehead atoms. The van der Waals surface area contributed by atoms with Gasteiger partial charge in [-0.15, -0.1) is 0 Å². The molecule has 0 aromatic heterocycles. The lowest BCUT2D eigenvalue weighted by Crippen LogP contribution is -1.85. The lowest BCUT2D eigenvalue weighted by Gasteiger charge is -1.98. The van der Waals surface area contributed by atoms with Crippen molar-refractivity contribution in [3.8, 4) is 0 Å². The molecule has 66 valence electrons. The zero-order chi connectivity index (χ0) is 9.68. The number of rotatable bonds is 3. The third-order valence-corrected chi connectivity index (χ3v) is 1.78. The summed E-state index contributed by atoms with van der Waals surface area (Å²) >= 11 is 5.70. The predicted octanol–water partition coefficient (Wildman–Crippen LogP) is 2.73. The zero-order valence-corrected chi connectivity index (χ0v) is 7.71. The molecule has 3 heteroatoms. The van der Waals surface area contributed by atoms with Crippen LogP contribution >= 0.6 is 11.6 Å². The van der Waals surface area contributed by atoms with E-state index in [4.69, 9.17) is 11.6 Å². The minimum atomic E-state index is 0.498. The van der Waals surface area contributed by atoms with E-state index in [1.165, 1.54) is 6.08 Å². The average molecular weight is 194 g/mol. The third kappa shape index (κ3) is 3.24. The largest absolute Gasteiger partial charge is 0.240 e. The Morgan fingerprint density at radius 1 is 1.46 bits per heavy atom. The van der Waals surface area contributed by atoms with Gasteiger partial charge in [0.1, 0.15) is 0 Å². The zero-order valence-electron chi connectivity index (χ0n) is 6.96. The van der Waals surface area contributed by atoms with Crippen LogP contribution in [0.15, 0.2) is 41.5 Å². The van der Waals surface area contributed by atoms with Crippen molar-refractivity contribution >= 4 is 17.7 Å². The molecule has 1 aromatic carbocycles. The lowest BCUT2D eigenvalue weighted by atomic mass is 10.1. The number of nitrogens with zero attached hydrogens (tertiary/aromatic N) is 1. The monoisotopic (exact) mass is 193 g/mol. The van der Waals surface area contributed by atoms with Crippen LogP contribution in [0.25, 0.3) is 0 Å². The van der Waals surface area contributed by atoms with Crippen LogP contribution in [0.4, 0.5) is 0 Å². The molecule has 0 aliphatic carbocycles. The summed E-state index contributed by atoms with van der Waals surface area (Å²) in [6, 6.07) is 7.31. The smallest absolute Gasteiger partial charge is 0.211 e. The molecule has 0 amide bonds. The van der Waals surface area contributed by atoms with E-state index in [0.717, 1.165) is 5.56 Å². The average Bonchev–Trinajstić information content (AvgIpc) is 2.09. The summed E-state index contributed by atoms with van der Waals surface area (Å²) in [7, 11) is 0. The summed E-state index contributed by atoms with van der Waals surface area (Å²) in [6.45, 7) is 3.60. The highest BCUT2D eigenvalue weighted by Crippen LogP contribution is 2.12. The number of hydrogen-bond donors (Lipinski definition) is 0. The van der Waals surface area contributed by atoms with E-state index in [-0.39, 0.29) is 0 Å². The summed E-state index contributed by atoms with van der Waals surface area (Å²) in [6.07, 6.45) is 2.00. The van der Waals surface area contributed by atoms with Crippen LogP contribution in [0.5, 0.6) is 0 Å². The second kappa shape index (κ2) is 4.61. The van der Waals surface area contributed by atoms with Gasteiger partial charge in [0.25, 0.3) is 0 Å². The van der Waals surface area contributed by atoms with Crippen molar-refractivity contribution in [2.75, 3.05) is 0 Å². The second-order valence-corrected chi connectivity index (χ2v) is 3.01. The van der Waals surface area contributed by atoms with Crippen molar-refractivity contribution < 1.29 is 4.79 Å². The van der Waals surface area contributed by atoms with Crippen LogP contribution in [-0.2, 0) is 11.2 Å². The maximum absolute atomic E-state index is 9.89. The Morgan fingerprint density at radius 2 is 2.08 bits per heavy atom. The third-order valence-electron chi connectivity index (χ3n) is 1.53. The SMILES string of the molecule is C=C(Cc1ccc(Cl)cc1)N=C=O. The number of allylic oxidation sites excluding steroid dienone is 1. The van der Waals surface area contributed by atoms with Gasteiger partial charge >= 0.3 is 0 Å². The standard InChI is InChI=1S/C10H8ClNO/c1-8(12-7-13)6-9-2-4-10(11)5-3-9/h2-5H,1,6H2. The van der Waals surface area contributed by atoms with Gasteiger partial charge in [-0.2, -0.15) is 4.99 Å². The van der Waals surface area contributed by atoms with E-state index in [1.807, 2.05) is 12.1 Å². The molecule has 1 rings (SSSR count). The van der Waals surface area contributed by atoms with E-state index < -0.39 is 0 Å². The first-order valence-corrected chi connectivity index (χ1v) is 4.10. The van der Waals surface area contributed by atoms with Gasteiger partial charge in [0.15, 0.2) is 0 Å². The van der Waals surface area contributed by atoms with E-state index >= 15 is 0 Å². The Balaban J connectivity index is 2.69. The fraction of sp³-hybridized carbons (Fsp3) is 0.100. The van der Waals surface area contributed by atoms with E-state index in [2.05, 4.69) is 11.6 Å². The molecular formula is C10H8ClNO. The van der Waals surface area contributed by atoms with Crippen LogP contribution in [0.3, 0.4) is 0 Å². The lowest BCUT2D eigenvalue weighted by molar-refractivity contribution is 0.564. The van der Waals surface area contributed by atoms with Gasteiger partial charge in [-0.05, 0) is 17.7 Å². The molecule has 2 nitrogen and oxygen atoms in total. The minimum Gasteiger partial charge on any atom is -0.211 e. The van der Waals surface area contributed by atoms with Crippen molar-refractivity contribution in [1.82, 2.24) is 0 Å². The molecule has 0 atom stereocenters. The second-order valence-electron chi connectivity index (χ2n) is 2.57. The molecule has 0 fully saturated rings. The highest BCUT2D eigenvalue weighted by atomic mass is 35.5. The van der Waals surface area contributed by atoms with Gasteiger partial charge in [0, 0.05) is 11.4 Å². The number of halogens is 1. The molecule has 0 heterocycles. The molecule has 13 heavy (non-hydrogen) atoms. The molecule has 0 aliphatic heterocycles. The number of aliphatic imine (C=N–C) groups is 1. The van der Waals surface area contributed by atoms with Gasteiger partial charge in [0.05, 0.1) is 5.70 Å². The topological polar surface area (TPSA) is 29.4 Å². The molecule has 0 saturated heterocycles. The van der Waals surface area contributed by atoms with Crippen molar-refractivity contribution in [2.45, 2.75) is 6.42 Å².